The van der Waals surface area contributed by atoms with Crippen LogP contribution in [0.25, 0.3) is 11.5 Å². The van der Waals surface area contributed by atoms with Gasteiger partial charge in [-0.2, -0.15) is 0 Å². The summed E-state index contributed by atoms with van der Waals surface area (Å²) in [4.78, 5) is 10.9. The second kappa shape index (κ2) is 3.60. The van der Waals surface area contributed by atoms with Gasteiger partial charge in [-0.3, -0.25) is 0 Å². The van der Waals surface area contributed by atoms with Crippen LogP contribution in [0.3, 0.4) is 0 Å². The third-order valence-electron chi connectivity index (χ3n) is 1.95. The van der Waals surface area contributed by atoms with Crippen molar-refractivity contribution in [1.29, 1.82) is 0 Å². The number of H-pyrrole nitrogens is 1. The van der Waals surface area contributed by atoms with Crippen molar-refractivity contribution >= 4 is 9.84 Å². The highest BCUT2D eigenvalue weighted by molar-refractivity contribution is 7.90. The summed E-state index contributed by atoms with van der Waals surface area (Å²) in [6.07, 6.45) is 1.10. The average molecular weight is 240 g/mol. The number of aromatic nitrogens is 2. The molecule has 1 N–H and O–H groups in total. The predicted octanol–water partition coefficient (Wildman–Crippen LogP) is 0.433. The Bertz CT molecular complexity index is 669. The summed E-state index contributed by atoms with van der Waals surface area (Å²) < 4.78 is 27.3. The smallest absolute Gasteiger partial charge is 0.388 e. The Kier molecular flexibility index (Phi) is 2.39. The zero-order valence-corrected chi connectivity index (χ0v) is 9.11. The number of rotatable bonds is 2. The van der Waals surface area contributed by atoms with Crippen molar-refractivity contribution in [2.24, 2.45) is 0 Å². The normalized spacial score (nSPS) is 11.6. The molecule has 0 aliphatic rings. The van der Waals surface area contributed by atoms with Crippen molar-refractivity contribution < 1.29 is 12.8 Å². The lowest BCUT2D eigenvalue weighted by Gasteiger charge is -1.99. The van der Waals surface area contributed by atoms with Gasteiger partial charge in [-0.25, -0.2) is 18.3 Å². The maximum atomic E-state index is 11.3. The van der Waals surface area contributed by atoms with E-state index >= 15 is 0 Å². The van der Waals surface area contributed by atoms with E-state index in [4.69, 9.17) is 4.42 Å². The molecule has 1 aromatic carbocycles. The van der Waals surface area contributed by atoms with Crippen LogP contribution >= 0.6 is 0 Å². The van der Waals surface area contributed by atoms with Crippen molar-refractivity contribution in [2.75, 3.05) is 6.26 Å². The third-order valence-corrected chi connectivity index (χ3v) is 3.06. The maximum Gasteiger partial charge on any atom is 0.434 e. The van der Waals surface area contributed by atoms with Gasteiger partial charge in [-0.1, -0.05) is 6.07 Å². The molecular weight excluding hydrogens is 232 g/mol. The number of hydrogen-bond donors (Lipinski definition) is 1. The van der Waals surface area contributed by atoms with Crippen molar-refractivity contribution in [3.05, 3.63) is 34.8 Å². The van der Waals surface area contributed by atoms with Crippen LogP contribution in [-0.4, -0.2) is 24.9 Å². The van der Waals surface area contributed by atoms with Gasteiger partial charge in [-0.05, 0) is 18.2 Å². The molecule has 0 bridgehead atoms. The first-order valence-corrected chi connectivity index (χ1v) is 6.22. The molecule has 0 fully saturated rings. The highest BCUT2D eigenvalue weighted by Gasteiger charge is 2.10. The Hall–Kier alpha value is -1.89. The summed E-state index contributed by atoms with van der Waals surface area (Å²) >= 11 is 0. The lowest BCUT2D eigenvalue weighted by Crippen LogP contribution is -1.96. The zero-order valence-electron chi connectivity index (χ0n) is 8.30. The van der Waals surface area contributed by atoms with Crippen molar-refractivity contribution in [3.8, 4) is 11.5 Å². The summed E-state index contributed by atoms with van der Waals surface area (Å²) in [5, 5.41) is 5.71. The SMILES string of the molecule is CS(=O)(=O)c1cccc(-c2n[nH]c(=O)o2)c1. The second-order valence-electron chi connectivity index (χ2n) is 3.22. The molecular formula is C9H8N2O4S. The van der Waals surface area contributed by atoms with E-state index in [1.807, 2.05) is 0 Å². The molecule has 1 aromatic heterocycles. The molecule has 0 spiro atoms. The van der Waals surface area contributed by atoms with Gasteiger partial charge in [0.15, 0.2) is 9.84 Å². The van der Waals surface area contributed by atoms with E-state index in [-0.39, 0.29) is 10.8 Å². The van der Waals surface area contributed by atoms with Crippen molar-refractivity contribution in [1.82, 2.24) is 10.2 Å². The molecule has 7 heteroatoms. The molecule has 0 saturated carbocycles. The first kappa shape index (κ1) is 10.6. The van der Waals surface area contributed by atoms with Gasteiger partial charge in [0, 0.05) is 11.8 Å². The maximum absolute atomic E-state index is 11.3. The second-order valence-corrected chi connectivity index (χ2v) is 5.23. The number of aromatic amines is 1. The van der Waals surface area contributed by atoms with E-state index in [0.29, 0.717) is 5.56 Å². The summed E-state index contributed by atoms with van der Waals surface area (Å²) in [7, 11) is -3.28. The molecule has 0 aliphatic carbocycles. The molecule has 2 aromatic rings. The van der Waals surface area contributed by atoms with Crippen LogP contribution in [0.1, 0.15) is 0 Å². The number of sulfone groups is 1. The number of nitrogens with one attached hydrogen (secondary N) is 1. The van der Waals surface area contributed by atoms with Crippen LogP contribution in [0, 0.1) is 0 Å². The van der Waals surface area contributed by atoms with Crippen LogP contribution in [-0.2, 0) is 9.84 Å². The number of benzene rings is 1. The minimum Gasteiger partial charge on any atom is -0.388 e. The Morgan fingerprint density at radius 3 is 2.69 bits per heavy atom. The molecule has 2 rings (SSSR count). The minimum atomic E-state index is -3.28. The molecule has 0 atom stereocenters. The van der Waals surface area contributed by atoms with E-state index in [1.54, 1.807) is 12.1 Å². The van der Waals surface area contributed by atoms with Crippen LogP contribution in [0.2, 0.25) is 0 Å². The van der Waals surface area contributed by atoms with E-state index in [9.17, 15) is 13.2 Å². The van der Waals surface area contributed by atoms with Gasteiger partial charge in [-0.15, -0.1) is 5.10 Å². The largest absolute Gasteiger partial charge is 0.434 e. The van der Waals surface area contributed by atoms with Crippen LogP contribution in [0.4, 0.5) is 0 Å². The number of nitrogens with zero attached hydrogens (tertiary/aromatic N) is 1. The lowest BCUT2D eigenvalue weighted by molar-refractivity contribution is 0.527. The molecule has 1 heterocycles. The zero-order chi connectivity index (χ0) is 11.8. The fourth-order valence-corrected chi connectivity index (χ4v) is 1.88. The predicted molar refractivity (Wildman–Crippen MR) is 55.7 cm³/mol. The molecule has 84 valence electrons. The Labute approximate surface area is 90.8 Å². The molecule has 6 nitrogen and oxygen atoms in total. The fourth-order valence-electron chi connectivity index (χ4n) is 1.21. The topological polar surface area (TPSA) is 93.0 Å². The third kappa shape index (κ3) is 2.03. The van der Waals surface area contributed by atoms with Gasteiger partial charge in [0.25, 0.3) is 0 Å². The summed E-state index contributed by atoms with van der Waals surface area (Å²) in [5.74, 6) is -0.616. The highest BCUT2D eigenvalue weighted by atomic mass is 32.2. The van der Waals surface area contributed by atoms with Gasteiger partial charge in [0.2, 0.25) is 5.89 Å². The van der Waals surface area contributed by atoms with Crippen molar-refractivity contribution in [3.63, 3.8) is 0 Å². The van der Waals surface area contributed by atoms with Gasteiger partial charge in [0.1, 0.15) is 0 Å². The van der Waals surface area contributed by atoms with E-state index in [0.717, 1.165) is 6.26 Å². The molecule has 0 radical (unpaired) electrons. The molecule has 0 saturated heterocycles. The van der Waals surface area contributed by atoms with Gasteiger partial charge in [0.05, 0.1) is 4.90 Å². The minimum absolute atomic E-state index is 0.0653. The summed E-state index contributed by atoms with van der Waals surface area (Å²) in [6, 6.07) is 6.02. The van der Waals surface area contributed by atoms with E-state index in [2.05, 4.69) is 10.2 Å². The van der Waals surface area contributed by atoms with Crippen LogP contribution in [0.5, 0.6) is 0 Å². The van der Waals surface area contributed by atoms with Gasteiger partial charge < -0.3 is 4.42 Å². The van der Waals surface area contributed by atoms with Crippen LogP contribution < -0.4 is 5.76 Å². The summed E-state index contributed by atoms with van der Waals surface area (Å²) in [6.45, 7) is 0. The lowest BCUT2D eigenvalue weighted by atomic mass is 10.2. The summed E-state index contributed by atoms with van der Waals surface area (Å²) in [5.41, 5.74) is 0.432. The number of hydrogen-bond acceptors (Lipinski definition) is 5. The molecule has 0 amide bonds. The average Bonchev–Trinajstić information content (AvgIpc) is 2.64. The monoisotopic (exact) mass is 240 g/mol. The first-order valence-electron chi connectivity index (χ1n) is 4.33. The Morgan fingerprint density at radius 2 is 2.12 bits per heavy atom. The van der Waals surface area contributed by atoms with Crippen molar-refractivity contribution in [2.45, 2.75) is 4.90 Å². The van der Waals surface area contributed by atoms with E-state index in [1.165, 1.54) is 12.1 Å². The molecule has 0 aliphatic heterocycles. The first-order chi connectivity index (χ1) is 7.47. The standard InChI is InChI=1S/C9H8N2O4S/c1-16(13,14)7-4-2-3-6(5-7)8-10-11-9(12)15-8/h2-5H,1H3,(H,11,12). The highest BCUT2D eigenvalue weighted by Crippen LogP contribution is 2.19. The fraction of sp³-hybridized carbons (Fsp3) is 0.111. The van der Waals surface area contributed by atoms with Gasteiger partial charge >= 0.3 is 5.76 Å². The quantitative estimate of drug-likeness (QED) is 0.821. The van der Waals surface area contributed by atoms with Crippen LogP contribution in [0.15, 0.2) is 38.4 Å². The Balaban J connectivity index is 2.56. The molecule has 16 heavy (non-hydrogen) atoms. The van der Waals surface area contributed by atoms with E-state index < -0.39 is 15.6 Å². The molecule has 0 unspecified atom stereocenters. The Morgan fingerprint density at radius 1 is 1.38 bits per heavy atom.